The van der Waals surface area contributed by atoms with Crippen LogP contribution < -0.4 is 0 Å². The summed E-state index contributed by atoms with van der Waals surface area (Å²) in [7, 11) is 0. The largest absolute Gasteiger partial charge is 0.481 e. The van der Waals surface area contributed by atoms with Gasteiger partial charge in [0.25, 0.3) is 0 Å². The van der Waals surface area contributed by atoms with Crippen molar-refractivity contribution < 1.29 is 14.7 Å². The van der Waals surface area contributed by atoms with E-state index in [1.807, 2.05) is 0 Å². The minimum atomic E-state index is -0.727. The molecule has 1 aliphatic carbocycles. The second-order valence-corrected chi connectivity index (χ2v) is 4.92. The van der Waals surface area contributed by atoms with Gasteiger partial charge in [-0.05, 0) is 12.8 Å². The molecule has 0 radical (unpaired) electrons. The van der Waals surface area contributed by atoms with Gasteiger partial charge >= 0.3 is 5.97 Å². The third-order valence-corrected chi connectivity index (χ3v) is 4.21. The van der Waals surface area contributed by atoms with E-state index in [0.717, 1.165) is 11.5 Å². The normalized spacial score (nSPS) is 38.8. The number of rotatable bonds is 1. The fourth-order valence-corrected chi connectivity index (χ4v) is 3.51. The van der Waals surface area contributed by atoms with E-state index in [2.05, 4.69) is 0 Å². The van der Waals surface area contributed by atoms with E-state index in [1.54, 1.807) is 11.8 Å². The molecule has 0 aromatic carbocycles. The molecular weight excluding hydrogens is 188 g/mol. The number of carbonyl (C=O) groups is 2. The zero-order valence-electron chi connectivity index (χ0n) is 7.23. The second kappa shape index (κ2) is 3.33. The topological polar surface area (TPSA) is 54.4 Å². The number of hydrogen-bond acceptors (Lipinski definition) is 3. The van der Waals surface area contributed by atoms with Crippen LogP contribution in [0.15, 0.2) is 0 Å². The van der Waals surface area contributed by atoms with E-state index in [-0.39, 0.29) is 17.8 Å². The molecule has 3 nitrogen and oxygen atoms in total. The lowest BCUT2D eigenvalue weighted by molar-refractivity contribution is -0.145. The Balaban J connectivity index is 2.11. The maximum Gasteiger partial charge on any atom is 0.306 e. The molecule has 2 rings (SSSR count). The maximum absolute atomic E-state index is 11.6. The first kappa shape index (κ1) is 9.06. The summed E-state index contributed by atoms with van der Waals surface area (Å²) in [4.78, 5) is 22.3. The summed E-state index contributed by atoms with van der Waals surface area (Å²) in [6.07, 6.45) is 1.13. The third kappa shape index (κ3) is 1.59. The molecule has 4 heteroatoms. The summed E-state index contributed by atoms with van der Waals surface area (Å²) in [5.41, 5.74) is 0. The van der Waals surface area contributed by atoms with Gasteiger partial charge in [-0.1, -0.05) is 0 Å². The number of ketones is 1. The van der Waals surface area contributed by atoms with Crippen molar-refractivity contribution >= 4 is 23.5 Å². The van der Waals surface area contributed by atoms with Crippen LogP contribution in [0.1, 0.15) is 12.8 Å². The quantitative estimate of drug-likeness (QED) is 0.687. The molecule has 1 N–H and O–H groups in total. The fraction of sp³-hybridized carbons (Fsp3) is 0.778. The van der Waals surface area contributed by atoms with Crippen LogP contribution in [0.25, 0.3) is 0 Å². The van der Waals surface area contributed by atoms with Crippen LogP contribution >= 0.6 is 11.8 Å². The van der Waals surface area contributed by atoms with E-state index >= 15 is 0 Å². The van der Waals surface area contributed by atoms with Crippen molar-refractivity contribution in [1.29, 1.82) is 0 Å². The highest BCUT2D eigenvalue weighted by atomic mass is 32.2. The summed E-state index contributed by atoms with van der Waals surface area (Å²) in [6.45, 7) is 0. The van der Waals surface area contributed by atoms with Crippen LogP contribution in [-0.2, 0) is 9.59 Å². The van der Waals surface area contributed by atoms with Crippen LogP contribution in [0.4, 0.5) is 0 Å². The molecule has 1 heterocycles. The van der Waals surface area contributed by atoms with Gasteiger partial charge in [-0.15, -0.1) is 0 Å². The Hall–Kier alpha value is -0.510. The number of carboxylic acids is 1. The lowest BCUT2D eigenvalue weighted by atomic mass is 9.75. The highest BCUT2D eigenvalue weighted by Crippen LogP contribution is 2.38. The maximum atomic E-state index is 11.6. The average Bonchev–Trinajstić information content (AvgIpc) is 2.02. The van der Waals surface area contributed by atoms with Crippen molar-refractivity contribution in [2.75, 3.05) is 11.5 Å². The minimum absolute atomic E-state index is 0.0265. The van der Waals surface area contributed by atoms with Gasteiger partial charge < -0.3 is 5.11 Å². The monoisotopic (exact) mass is 200 g/mol. The number of carbonyl (C=O) groups excluding carboxylic acids is 1. The van der Waals surface area contributed by atoms with Crippen molar-refractivity contribution in [3.63, 3.8) is 0 Å². The number of aliphatic carboxylic acids is 1. The van der Waals surface area contributed by atoms with Crippen LogP contribution in [0.3, 0.4) is 0 Å². The van der Waals surface area contributed by atoms with E-state index in [1.165, 1.54) is 0 Å². The molecule has 2 bridgehead atoms. The number of Topliss-reactive ketones (excluding diaryl/α,β-unsaturated/α-hetero) is 1. The molecule has 13 heavy (non-hydrogen) atoms. The van der Waals surface area contributed by atoms with Gasteiger partial charge in [0.2, 0.25) is 0 Å². The first-order chi connectivity index (χ1) is 6.18. The molecule has 0 spiro atoms. The summed E-state index contributed by atoms with van der Waals surface area (Å²) in [6, 6.07) is 0. The van der Waals surface area contributed by atoms with Gasteiger partial charge in [0, 0.05) is 23.3 Å². The first-order valence-corrected chi connectivity index (χ1v) is 5.68. The summed E-state index contributed by atoms with van der Waals surface area (Å²) < 4.78 is 0. The SMILES string of the molecule is O=C(O)C1C[C@H]2CSC[C@@H](C1)C2=O. The summed E-state index contributed by atoms with van der Waals surface area (Å²) >= 11 is 1.79. The van der Waals surface area contributed by atoms with Crippen molar-refractivity contribution in [2.45, 2.75) is 12.8 Å². The second-order valence-electron chi connectivity index (χ2n) is 3.84. The molecule has 1 saturated carbocycles. The van der Waals surface area contributed by atoms with Crippen LogP contribution in [0.5, 0.6) is 0 Å². The molecule has 3 atom stereocenters. The molecule has 2 fully saturated rings. The van der Waals surface area contributed by atoms with Crippen LogP contribution in [0, 0.1) is 17.8 Å². The first-order valence-electron chi connectivity index (χ1n) is 4.52. The smallest absolute Gasteiger partial charge is 0.306 e. The number of thioether (sulfide) groups is 1. The predicted octanol–water partition coefficient (Wildman–Crippen LogP) is 1.03. The Morgan fingerprint density at radius 1 is 1.31 bits per heavy atom. The van der Waals surface area contributed by atoms with Gasteiger partial charge in [-0.25, -0.2) is 0 Å². The highest BCUT2D eigenvalue weighted by molar-refractivity contribution is 7.99. The van der Waals surface area contributed by atoms with Crippen molar-refractivity contribution in [3.05, 3.63) is 0 Å². The Bertz CT molecular complexity index is 235. The Kier molecular flexibility index (Phi) is 2.32. The standard InChI is InChI=1S/C9H12O3S/c10-8-6-1-5(9(11)12)2-7(8)4-13-3-6/h5-7H,1-4H2,(H,11,12)/t5?,6-,7+. The van der Waals surface area contributed by atoms with Gasteiger partial charge in [-0.2, -0.15) is 11.8 Å². The molecule has 0 amide bonds. The number of carboxylic acid groups (broad SMARTS) is 1. The minimum Gasteiger partial charge on any atom is -0.481 e. The Morgan fingerprint density at radius 2 is 1.85 bits per heavy atom. The van der Waals surface area contributed by atoms with Crippen LogP contribution in [-0.4, -0.2) is 28.4 Å². The van der Waals surface area contributed by atoms with E-state index < -0.39 is 5.97 Å². The van der Waals surface area contributed by atoms with E-state index in [0.29, 0.717) is 18.6 Å². The highest BCUT2D eigenvalue weighted by Gasteiger charge is 2.41. The van der Waals surface area contributed by atoms with Gasteiger partial charge in [0.1, 0.15) is 5.78 Å². The molecule has 1 aliphatic heterocycles. The number of fused-ring (bicyclic) bond motifs is 2. The molecule has 2 aliphatic rings. The summed E-state index contributed by atoms with van der Waals surface area (Å²) in [5, 5.41) is 8.86. The zero-order chi connectivity index (χ0) is 9.42. The molecule has 1 unspecified atom stereocenters. The third-order valence-electron chi connectivity index (χ3n) is 2.93. The summed E-state index contributed by atoms with van der Waals surface area (Å²) in [5.74, 6) is 1.04. The Morgan fingerprint density at radius 3 is 2.31 bits per heavy atom. The fourth-order valence-electron chi connectivity index (χ4n) is 2.20. The van der Waals surface area contributed by atoms with Crippen LogP contribution in [0.2, 0.25) is 0 Å². The molecule has 0 aromatic heterocycles. The Labute approximate surface area is 80.9 Å². The molecular formula is C9H12O3S. The van der Waals surface area contributed by atoms with Gasteiger partial charge in [0.15, 0.2) is 0 Å². The molecule has 72 valence electrons. The van der Waals surface area contributed by atoms with Gasteiger partial charge in [-0.3, -0.25) is 9.59 Å². The van der Waals surface area contributed by atoms with Crippen molar-refractivity contribution in [2.24, 2.45) is 17.8 Å². The lowest BCUT2D eigenvalue weighted by Gasteiger charge is -2.35. The van der Waals surface area contributed by atoms with Crippen molar-refractivity contribution in [1.82, 2.24) is 0 Å². The lowest BCUT2D eigenvalue weighted by Crippen LogP contribution is -2.41. The number of hydrogen-bond donors (Lipinski definition) is 1. The van der Waals surface area contributed by atoms with E-state index in [9.17, 15) is 9.59 Å². The average molecular weight is 200 g/mol. The predicted molar refractivity (Wildman–Crippen MR) is 49.7 cm³/mol. The van der Waals surface area contributed by atoms with E-state index in [4.69, 9.17) is 5.11 Å². The zero-order valence-corrected chi connectivity index (χ0v) is 8.05. The molecule has 0 aromatic rings. The van der Waals surface area contributed by atoms with Gasteiger partial charge in [0.05, 0.1) is 5.92 Å². The van der Waals surface area contributed by atoms with Crippen molar-refractivity contribution in [3.8, 4) is 0 Å². The molecule has 1 saturated heterocycles.